The summed E-state index contributed by atoms with van der Waals surface area (Å²) < 4.78 is 82.7. The molecule has 0 amide bonds. The Hall–Kier alpha value is -1.25. The zero-order valence-corrected chi connectivity index (χ0v) is 12.0. The Labute approximate surface area is 128 Å². The smallest absolute Gasteiger partial charge is 0.426 e. The molecule has 3 unspecified atom stereocenters. The van der Waals surface area contributed by atoms with E-state index in [1.54, 1.807) is 0 Å². The molecule has 132 valence electrons. The fourth-order valence-electron chi connectivity index (χ4n) is 3.81. The van der Waals surface area contributed by atoms with Gasteiger partial charge in [0, 0.05) is 12.5 Å². The van der Waals surface area contributed by atoms with Gasteiger partial charge in [-0.05, 0) is 37.5 Å². The first-order chi connectivity index (χ1) is 10.3. The van der Waals surface area contributed by atoms with E-state index in [4.69, 9.17) is 4.74 Å². The molecule has 3 atom stereocenters. The number of esters is 1. The van der Waals surface area contributed by atoms with Gasteiger partial charge in [0.25, 0.3) is 5.60 Å². The van der Waals surface area contributed by atoms with Crippen LogP contribution in [0.4, 0.5) is 26.3 Å². The number of hydrogen-bond acceptors (Lipinski definition) is 3. The second kappa shape index (κ2) is 5.39. The van der Waals surface area contributed by atoms with Crippen molar-refractivity contribution in [1.82, 2.24) is 0 Å². The largest absolute Gasteiger partial charge is 0.455 e. The summed E-state index contributed by atoms with van der Waals surface area (Å²) in [4.78, 5) is 11.5. The third-order valence-electron chi connectivity index (χ3n) is 4.88. The van der Waals surface area contributed by atoms with Crippen molar-refractivity contribution >= 4 is 5.97 Å². The Morgan fingerprint density at radius 1 is 1.22 bits per heavy atom. The zero-order valence-electron chi connectivity index (χ0n) is 12.0. The number of aliphatic hydroxyl groups is 1. The van der Waals surface area contributed by atoms with E-state index in [0.717, 1.165) is 0 Å². The molecule has 2 aliphatic carbocycles. The summed E-state index contributed by atoms with van der Waals surface area (Å²) in [6.07, 6.45) is -11.6. The van der Waals surface area contributed by atoms with E-state index in [-0.39, 0.29) is 12.3 Å². The minimum Gasteiger partial charge on any atom is -0.455 e. The maximum Gasteiger partial charge on any atom is 0.426 e. The minimum atomic E-state index is -5.93. The number of hydrogen-bond donors (Lipinski definition) is 1. The van der Waals surface area contributed by atoms with E-state index in [1.807, 2.05) is 0 Å². The van der Waals surface area contributed by atoms with Gasteiger partial charge in [0.2, 0.25) is 0 Å². The Kier molecular flexibility index (Phi) is 4.24. The quantitative estimate of drug-likeness (QED) is 0.481. The third kappa shape index (κ3) is 2.95. The second-order valence-corrected chi connectivity index (χ2v) is 6.30. The van der Waals surface area contributed by atoms with E-state index >= 15 is 0 Å². The molecule has 9 heteroatoms. The van der Waals surface area contributed by atoms with E-state index in [0.29, 0.717) is 25.3 Å². The summed E-state index contributed by atoms with van der Waals surface area (Å²) in [7, 11) is 0. The van der Waals surface area contributed by atoms with Gasteiger partial charge < -0.3 is 9.84 Å². The van der Waals surface area contributed by atoms with E-state index in [2.05, 4.69) is 6.58 Å². The second-order valence-electron chi connectivity index (χ2n) is 6.30. The predicted molar refractivity (Wildman–Crippen MR) is 66.1 cm³/mol. The SMILES string of the molecule is C=CC(=O)OC1(CC(O)(C(F)(F)F)C(F)(F)F)CC2CCC1C2. The third-order valence-corrected chi connectivity index (χ3v) is 4.88. The topological polar surface area (TPSA) is 46.5 Å². The first kappa shape index (κ1) is 18.1. The lowest BCUT2D eigenvalue weighted by Crippen LogP contribution is -2.62. The van der Waals surface area contributed by atoms with Crippen molar-refractivity contribution in [3.8, 4) is 0 Å². The van der Waals surface area contributed by atoms with Gasteiger partial charge in [-0.25, -0.2) is 4.79 Å². The van der Waals surface area contributed by atoms with Crippen molar-refractivity contribution in [3.05, 3.63) is 12.7 Å². The number of alkyl halides is 6. The summed E-state index contributed by atoms with van der Waals surface area (Å²) in [6.45, 7) is 3.11. The van der Waals surface area contributed by atoms with Crippen molar-refractivity contribution < 1.29 is 41.0 Å². The number of halogens is 6. The normalized spacial score (nSPS) is 31.3. The average Bonchev–Trinajstić information content (AvgIpc) is 2.96. The molecule has 2 bridgehead atoms. The van der Waals surface area contributed by atoms with Crippen LogP contribution in [-0.2, 0) is 9.53 Å². The van der Waals surface area contributed by atoms with Crippen LogP contribution in [0.1, 0.15) is 32.1 Å². The lowest BCUT2D eigenvalue weighted by molar-refractivity contribution is -0.379. The maximum atomic E-state index is 13.0. The van der Waals surface area contributed by atoms with Gasteiger partial charge in [0.05, 0.1) is 0 Å². The van der Waals surface area contributed by atoms with Gasteiger partial charge in [0.1, 0.15) is 5.60 Å². The van der Waals surface area contributed by atoms with Crippen molar-refractivity contribution in [2.75, 3.05) is 0 Å². The number of ether oxygens (including phenoxy) is 1. The Morgan fingerprint density at radius 3 is 2.13 bits per heavy atom. The van der Waals surface area contributed by atoms with Crippen molar-refractivity contribution in [2.45, 2.75) is 55.7 Å². The molecule has 0 aromatic rings. The summed E-state index contributed by atoms with van der Waals surface area (Å²) in [5.41, 5.74) is -6.90. The number of fused-ring (bicyclic) bond motifs is 2. The van der Waals surface area contributed by atoms with E-state index < -0.39 is 41.9 Å². The molecule has 0 aromatic carbocycles. The predicted octanol–water partition coefficient (Wildman–Crippen LogP) is 3.52. The van der Waals surface area contributed by atoms with Crippen LogP contribution < -0.4 is 0 Å². The van der Waals surface area contributed by atoms with Gasteiger partial charge in [-0.3, -0.25) is 0 Å². The Bertz CT molecular complexity index is 484. The molecule has 3 nitrogen and oxygen atoms in total. The van der Waals surface area contributed by atoms with Gasteiger partial charge in [-0.15, -0.1) is 0 Å². The molecule has 2 fully saturated rings. The van der Waals surface area contributed by atoms with Crippen LogP contribution in [0.5, 0.6) is 0 Å². The van der Waals surface area contributed by atoms with Crippen molar-refractivity contribution in [2.24, 2.45) is 11.8 Å². The average molecular weight is 346 g/mol. The number of carbonyl (C=O) groups excluding carboxylic acids is 1. The standard InChI is InChI=1S/C14H16F6O3/c1-2-10(21)23-11(6-8-3-4-9(11)5-8)7-12(22,13(15,16)17)14(18,19)20/h2,8-9,22H,1,3-7H2. The molecule has 2 aliphatic rings. The van der Waals surface area contributed by atoms with Crippen LogP contribution in [0.25, 0.3) is 0 Å². The fourth-order valence-corrected chi connectivity index (χ4v) is 3.81. The molecule has 0 radical (unpaired) electrons. The molecule has 0 aromatic heterocycles. The summed E-state index contributed by atoms with van der Waals surface area (Å²) >= 11 is 0. The molecule has 0 saturated heterocycles. The highest BCUT2D eigenvalue weighted by molar-refractivity contribution is 5.81. The van der Waals surface area contributed by atoms with Crippen molar-refractivity contribution in [1.29, 1.82) is 0 Å². The first-order valence-electron chi connectivity index (χ1n) is 7.06. The minimum absolute atomic E-state index is 0.108. The monoisotopic (exact) mass is 346 g/mol. The van der Waals surface area contributed by atoms with Gasteiger partial charge in [-0.2, -0.15) is 26.3 Å². The molecule has 2 saturated carbocycles. The van der Waals surface area contributed by atoms with Gasteiger partial charge >= 0.3 is 18.3 Å². The molecule has 23 heavy (non-hydrogen) atoms. The summed E-state index contributed by atoms with van der Waals surface area (Å²) in [5, 5.41) is 9.46. The first-order valence-corrected chi connectivity index (χ1v) is 7.06. The van der Waals surface area contributed by atoms with E-state index in [1.165, 1.54) is 0 Å². The highest BCUT2D eigenvalue weighted by Gasteiger charge is 2.74. The molecule has 0 spiro atoms. The molecule has 0 heterocycles. The Morgan fingerprint density at radius 2 is 1.78 bits per heavy atom. The summed E-state index contributed by atoms with van der Waals surface area (Å²) in [5.74, 6) is -1.83. The van der Waals surface area contributed by atoms with Crippen LogP contribution in [0.2, 0.25) is 0 Å². The Balaban J connectivity index is 2.40. The van der Waals surface area contributed by atoms with E-state index in [9.17, 15) is 36.2 Å². The highest BCUT2D eigenvalue weighted by atomic mass is 19.4. The summed E-state index contributed by atoms with van der Waals surface area (Å²) in [6, 6.07) is 0. The lowest BCUT2D eigenvalue weighted by Gasteiger charge is -2.43. The zero-order chi connectivity index (χ0) is 17.7. The van der Waals surface area contributed by atoms with Crippen LogP contribution in [0.15, 0.2) is 12.7 Å². The van der Waals surface area contributed by atoms with Gasteiger partial charge in [-0.1, -0.05) is 6.58 Å². The van der Waals surface area contributed by atoms with Crippen LogP contribution in [0.3, 0.4) is 0 Å². The fraction of sp³-hybridized carbons (Fsp3) is 0.786. The van der Waals surface area contributed by atoms with Crippen molar-refractivity contribution in [3.63, 3.8) is 0 Å². The van der Waals surface area contributed by atoms with Crippen LogP contribution in [-0.4, -0.2) is 34.6 Å². The van der Waals surface area contributed by atoms with Crippen LogP contribution in [0, 0.1) is 11.8 Å². The highest BCUT2D eigenvalue weighted by Crippen LogP contribution is 2.59. The van der Waals surface area contributed by atoms with Crippen LogP contribution >= 0.6 is 0 Å². The molecule has 2 rings (SSSR count). The number of rotatable bonds is 4. The van der Waals surface area contributed by atoms with Gasteiger partial charge in [0.15, 0.2) is 0 Å². The molecule has 0 aliphatic heterocycles. The number of carbonyl (C=O) groups is 1. The molecular weight excluding hydrogens is 330 g/mol. The molecule has 1 N–H and O–H groups in total. The lowest BCUT2D eigenvalue weighted by atomic mass is 9.75. The molecular formula is C14H16F6O3. The maximum absolute atomic E-state index is 13.0.